The fraction of sp³-hybridized carbons (Fsp3) is 0.652. The van der Waals surface area contributed by atoms with Gasteiger partial charge in [-0.2, -0.15) is 5.26 Å². The van der Waals surface area contributed by atoms with Gasteiger partial charge in [0, 0.05) is 32.2 Å². The van der Waals surface area contributed by atoms with E-state index in [1.807, 2.05) is 18.2 Å². The minimum Gasteiger partial charge on any atom is -0.342 e. The van der Waals surface area contributed by atoms with E-state index in [4.69, 9.17) is 5.26 Å². The van der Waals surface area contributed by atoms with Crippen LogP contribution in [0.5, 0.6) is 0 Å². The monoisotopic (exact) mass is 380 g/mol. The summed E-state index contributed by atoms with van der Waals surface area (Å²) in [5.74, 6) is 0.635. The summed E-state index contributed by atoms with van der Waals surface area (Å²) in [6, 6.07) is 10.8. The zero-order valence-electron chi connectivity index (χ0n) is 16.9. The quantitative estimate of drug-likeness (QED) is 0.806. The van der Waals surface area contributed by atoms with Crippen LogP contribution in [0.1, 0.15) is 49.7 Å². The molecule has 0 N–H and O–H groups in total. The number of amides is 1. The third-order valence-corrected chi connectivity index (χ3v) is 6.76. The largest absolute Gasteiger partial charge is 0.342 e. The van der Waals surface area contributed by atoms with Crippen LogP contribution in [0.2, 0.25) is 0 Å². The Morgan fingerprint density at radius 2 is 1.82 bits per heavy atom. The molecule has 0 bridgehead atoms. The van der Waals surface area contributed by atoms with E-state index < -0.39 is 0 Å². The van der Waals surface area contributed by atoms with E-state index in [2.05, 4.69) is 26.8 Å². The molecule has 5 nitrogen and oxygen atoms in total. The summed E-state index contributed by atoms with van der Waals surface area (Å²) < 4.78 is 0. The van der Waals surface area contributed by atoms with Crippen LogP contribution in [0.25, 0.3) is 0 Å². The Morgan fingerprint density at radius 1 is 1.04 bits per heavy atom. The van der Waals surface area contributed by atoms with Crippen LogP contribution in [0.3, 0.4) is 0 Å². The van der Waals surface area contributed by atoms with Gasteiger partial charge in [0.1, 0.15) is 0 Å². The van der Waals surface area contributed by atoms with Crippen molar-refractivity contribution in [3.05, 3.63) is 35.4 Å². The SMILES string of the molecule is N#Cc1cccc(CN2CCC(N3CCCC(C(=O)N4CCCC4)C3)CC2)c1. The van der Waals surface area contributed by atoms with E-state index in [-0.39, 0.29) is 5.92 Å². The molecular formula is C23H32N4O. The van der Waals surface area contributed by atoms with Gasteiger partial charge in [0.15, 0.2) is 0 Å². The lowest BCUT2D eigenvalue weighted by atomic mass is 9.93. The molecule has 150 valence electrons. The molecule has 1 atom stereocenters. The molecule has 0 aromatic heterocycles. The van der Waals surface area contributed by atoms with E-state index in [0.717, 1.165) is 64.2 Å². The van der Waals surface area contributed by atoms with Gasteiger partial charge in [-0.3, -0.25) is 14.6 Å². The molecule has 5 heteroatoms. The van der Waals surface area contributed by atoms with Gasteiger partial charge in [-0.25, -0.2) is 0 Å². The van der Waals surface area contributed by atoms with Crippen LogP contribution in [0.4, 0.5) is 0 Å². The number of likely N-dealkylation sites (tertiary alicyclic amines) is 3. The van der Waals surface area contributed by atoms with Crippen molar-refractivity contribution < 1.29 is 4.79 Å². The zero-order valence-corrected chi connectivity index (χ0v) is 16.9. The smallest absolute Gasteiger partial charge is 0.226 e. The lowest BCUT2D eigenvalue weighted by Gasteiger charge is -2.42. The van der Waals surface area contributed by atoms with Gasteiger partial charge in [-0.15, -0.1) is 0 Å². The zero-order chi connectivity index (χ0) is 19.3. The molecule has 0 spiro atoms. The first-order chi connectivity index (χ1) is 13.7. The maximum atomic E-state index is 12.8. The lowest BCUT2D eigenvalue weighted by Crippen LogP contribution is -2.51. The Balaban J connectivity index is 1.27. The summed E-state index contributed by atoms with van der Waals surface area (Å²) in [6.07, 6.45) is 6.95. The lowest BCUT2D eigenvalue weighted by molar-refractivity contribution is -0.136. The van der Waals surface area contributed by atoms with Crippen molar-refractivity contribution in [2.24, 2.45) is 5.92 Å². The first-order valence-corrected chi connectivity index (χ1v) is 11.0. The summed E-state index contributed by atoms with van der Waals surface area (Å²) >= 11 is 0. The molecule has 1 unspecified atom stereocenters. The van der Waals surface area contributed by atoms with Crippen molar-refractivity contribution in [2.75, 3.05) is 39.3 Å². The summed E-state index contributed by atoms with van der Waals surface area (Å²) in [4.78, 5) is 20.0. The Bertz CT molecular complexity index is 714. The molecule has 0 aliphatic carbocycles. The molecule has 1 aromatic carbocycles. The predicted octanol–water partition coefficient (Wildman–Crippen LogP) is 2.86. The molecule has 3 aliphatic rings. The molecule has 3 saturated heterocycles. The number of piperidine rings is 2. The fourth-order valence-electron chi connectivity index (χ4n) is 5.18. The van der Waals surface area contributed by atoms with Gasteiger partial charge in [0.2, 0.25) is 5.91 Å². The maximum absolute atomic E-state index is 12.8. The molecular weight excluding hydrogens is 348 g/mol. The van der Waals surface area contributed by atoms with E-state index in [0.29, 0.717) is 11.9 Å². The van der Waals surface area contributed by atoms with Crippen LogP contribution in [-0.4, -0.2) is 65.9 Å². The Morgan fingerprint density at radius 3 is 2.57 bits per heavy atom. The molecule has 0 saturated carbocycles. The summed E-state index contributed by atoms with van der Waals surface area (Å²) in [5.41, 5.74) is 1.97. The third kappa shape index (κ3) is 4.56. The van der Waals surface area contributed by atoms with Crippen molar-refractivity contribution >= 4 is 5.91 Å². The van der Waals surface area contributed by atoms with E-state index >= 15 is 0 Å². The van der Waals surface area contributed by atoms with Gasteiger partial charge >= 0.3 is 0 Å². The average molecular weight is 381 g/mol. The number of hydrogen-bond donors (Lipinski definition) is 0. The number of nitrogens with zero attached hydrogens (tertiary/aromatic N) is 4. The van der Waals surface area contributed by atoms with Crippen molar-refractivity contribution in [1.82, 2.24) is 14.7 Å². The van der Waals surface area contributed by atoms with Crippen LogP contribution in [0, 0.1) is 17.2 Å². The van der Waals surface area contributed by atoms with E-state index in [1.165, 1.54) is 31.2 Å². The van der Waals surface area contributed by atoms with Gasteiger partial charge in [-0.1, -0.05) is 12.1 Å². The standard InChI is InChI=1S/C23H32N4O/c24-16-19-5-3-6-20(15-19)17-25-13-8-22(9-14-25)27-12-4-7-21(18-27)23(28)26-10-1-2-11-26/h3,5-6,15,21-22H,1-2,4,7-14,17-18H2. The molecule has 1 amide bonds. The van der Waals surface area contributed by atoms with Crippen molar-refractivity contribution in [1.29, 1.82) is 5.26 Å². The van der Waals surface area contributed by atoms with Gasteiger partial charge in [0.05, 0.1) is 17.6 Å². The number of carbonyl (C=O) groups is 1. The van der Waals surface area contributed by atoms with Crippen LogP contribution >= 0.6 is 0 Å². The minimum absolute atomic E-state index is 0.221. The molecule has 0 radical (unpaired) electrons. The second-order valence-electron chi connectivity index (χ2n) is 8.69. The van der Waals surface area contributed by atoms with Gasteiger partial charge < -0.3 is 4.90 Å². The Labute approximate surface area is 168 Å². The Hall–Kier alpha value is -1.90. The number of carbonyl (C=O) groups excluding carboxylic acids is 1. The Kier molecular flexibility index (Phi) is 6.29. The second-order valence-corrected chi connectivity index (χ2v) is 8.69. The maximum Gasteiger partial charge on any atom is 0.226 e. The highest BCUT2D eigenvalue weighted by molar-refractivity contribution is 5.79. The average Bonchev–Trinajstić information content (AvgIpc) is 3.29. The van der Waals surface area contributed by atoms with Crippen LogP contribution in [-0.2, 0) is 11.3 Å². The van der Waals surface area contributed by atoms with Crippen LogP contribution in [0.15, 0.2) is 24.3 Å². The molecule has 28 heavy (non-hydrogen) atoms. The number of hydrogen-bond acceptors (Lipinski definition) is 4. The predicted molar refractivity (Wildman–Crippen MR) is 110 cm³/mol. The highest BCUT2D eigenvalue weighted by Crippen LogP contribution is 2.26. The number of nitriles is 1. The summed E-state index contributed by atoms with van der Waals surface area (Å²) in [5, 5.41) is 9.08. The normalized spacial score (nSPS) is 25.0. The molecule has 1 aromatic rings. The number of benzene rings is 1. The topological polar surface area (TPSA) is 50.6 Å². The first-order valence-electron chi connectivity index (χ1n) is 11.0. The summed E-state index contributed by atoms with van der Waals surface area (Å²) in [7, 11) is 0. The third-order valence-electron chi connectivity index (χ3n) is 6.76. The molecule has 3 aliphatic heterocycles. The van der Waals surface area contributed by atoms with Crippen molar-refractivity contribution in [3.8, 4) is 6.07 Å². The van der Waals surface area contributed by atoms with Crippen molar-refractivity contribution in [3.63, 3.8) is 0 Å². The highest BCUT2D eigenvalue weighted by atomic mass is 16.2. The molecule has 3 heterocycles. The van der Waals surface area contributed by atoms with Gasteiger partial charge in [-0.05, 0) is 75.9 Å². The number of rotatable bonds is 4. The van der Waals surface area contributed by atoms with Crippen molar-refractivity contribution in [2.45, 2.75) is 51.1 Å². The fourth-order valence-corrected chi connectivity index (χ4v) is 5.18. The van der Waals surface area contributed by atoms with E-state index in [1.54, 1.807) is 0 Å². The van der Waals surface area contributed by atoms with Crippen LogP contribution < -0.4 is 0 Å². The van der Waals surface area contributed by atoms with Gasteiger partial charge in [0.25, 0.3) is 0 Å². The minimum atomic E-state index is 0.221. The summed E-state index contributed by atoms with van der Waals surface area (Å²) in [6.45, 7) is 7.19. The molecule has 4 rings (SSSR count). The second kappa shape index (κ2) is 9.07. The first kappa shape index (κ1) is 19.4. The molecule has 3 fully saturated rings. The van der Waals surface area contributed by atoms with E-state index in [9.17, 15) is 4.79 Å². The highest BCUT2D eigenvalue weighted by Gasteiger charge is 2.34.